The first-order valence-electron chi connectivity index (χ1n) is 4.52. The van der Waals surface area contributed by atoms with Crippen molar-refractivity contribution in [3.8, 4) is 0 Å². The summed E-state index contributed by atoms with van der Waals surface area (Å²) in [6, 6.07) is 0. The molecule has 70 valence electrons. The lowest BCUT2D eigenvalue weighted by Crippen LogP contribution is -2.36. The molecule has 0 aromatic carbocycles. The van der Waals surface area contributed by atoms with Gasteiger partial charge in [-0.3, -0.25) is 4.79 Å². The number of rotatable bonds is 4. The van der Waals surface area contributed by atoms with E-state index in [0.29, 0.717) is 5.92 Å². The van der Waals surface area contributed by atoms with Gasteiger partial charge in [-0.05, 0) is 25.8 Å². The summed E-state index contributed by atoms with van der Waals surface area (Å²) >= 11 is 0. The number of carbonyl (C=O) groups excluding carboxylic acids is 1. The summed E-state index contributed by atoms with van der Waals surface area (Å²) in [6.45, 7) is 0.747. The average Bonchev–Trinajstić information content (AvgIpc) is 1.99. The van der Waals surface area contributed by atoms with E-state index in [4.69, 9.17) is 4.74 Å². The van der Waals surface area contributed by atoms with Crippen LogP contribution >= 0.6 is 0 Å². The highest BCUT2D eigenvalue weighted by molar-refractivity contribution is 5.73. The van der Waals surface area contributed by atoms with Gasteiger partial charge in [0.25, 0.3) is 0 Å². The number of esters is 1. The molecule has 1 N–H and O–H groups in total. The molecule has 1 atom stereocenters. The van der Waals surface area contributed by atoms with E-state index in [1.165, 1.54) is 26.4 Å². The quantitative estimate of drug-likeness (QED) is 0.636. The van der Waals surface area contributed by atoms with Crippen LogP contribution in [0.15, 0.2) is 0 Å². The lowest BCUT2D eigenvalue weighted by Gasteiger charge is -2.31. The van der Waals surface area contributed by atoms with Crippen LogP contribution in [0.1, 0.15) is 19.3 Å². The SMILES string of the molecule is CNCC(C(=O)OC)C1CCC1. The van der Waals surface area contributed by atoms with Crippen LogP contribution in [0.4, 0.5) is 0 Å². The van der Waals surface area contributed by atoms with Crippen molar-refractivity contribution < 1.29 is 9.53 Å². The Morgan fingerprint density at radius 1 is 1.67 bits per heavy atom. The van der Waals surface area contributed by atoms with Crippen molar-refractivity contribution in [2.24, 2.45) is 11.8 Å². The van der Waals surface area contributed by atoms with Gasteiger partial charge in [-0.1, -0.05) is 6.42 Å². The molecule has 0 bridgehead atoms. The standard InChI is InChI=1S/C9H17NO2/c1-10-6-8(9(11)12-2)7-4-3-5-7/h7-8,10H,3-6H2,1-2H3. The summed E-state index contributed by atoms with van der Waals surface area (Å²) < 4.78 is 4.74. The van der Waals surface area contributed by atoms with Crippen molar-refractivity contribution in [2.75, 3.05) is 20.7 Å². The Labute approximate surface area is 73.5 Å². The van der Waals surface area contributed by atoms with Gasteiger partial charge in [0.1, 0.15) is 0 Å². The van der Waals surface area contributed by atoms with E-state index in [1.54, 1.807) is 0 Å². The Balaban J connectivity index is 2.41. The van der Waals surface area contributed by atoms with Gasteiger partial charge in [-0.15, -0.1) is 0 Å². The fourth-order valence-corrected chi connectivity index (χ4v) is 1.66. The second-order valence-electron chi connectivity index (χ2n) is 3.38. The van der Waals surface area contributed by atoms with Crippen molar-refractivity contribution in [1.29, 1.82) is 0 Å². The number of carbonyl (C=O) groups is 1. The third-order valence-electron chi connectivity index (χ3n) is 2.65. The summed E-state index contributed by atoms with van der Waals surface area (Å²) in [7, 11) is 3.33. The molecule has 0 radical (unpaired) electrons. The molecule has 0 amide bonds. The molecule has 3 heteroatoms. The molecule has 3 nitrogen and oxygen atoms in total. The summed E-state index contributed by atoms with van der Waals surface area (Å²) in [4.78, 5) is 11.3. The van der Waals surface area contributed by atoms with Crippen LogP contribution < -0.4 is 5.32 Å². The molecular weight excluding hydrogens is 154 g/mol. The molecule has 0 aromatic heterocycles. The van der Waals surface area contributed by atoms with Crippen molar-refractivity contribution in [3.63, 3.8) is 0 Å². The van der Waals surface area contributed by atoms with E-state index in [1.807, 2.05) is 7.05 Å². The van der Waals surface area contributed by atoms with Gasteiger partial charge in [-0.25, -0.2) is 0 Å². The van der Waals surface area contributed by atoms with Gasteiger partial charge in [-0.2, -0.15) is 0 Å². The minimum atomic E-state index is -0.0611. The fourth-order valence-electron chi connectivity index (χ4n) is 1.66. The highest BCUT2D eigenvalue weighted by Gasteiger charge is 2.32. The maximum Gasteiger partial charge on any atom is 0.310 e. The van der Waals surface area contributed by atoms with Crippen LogP contribution in [0.5, 0.6) is 0 Å². The second-order valence-corrected chi connectivity index (χ2v) is 3.38. The van der Waals surface area contributed by atoms with Crippen LogP contribution in [0, 0.1) is 11.8 Å². The monoisotopic (exact) mass is 171 g/mol. The van der Waals surface area contributed by atoms with Crippen LogP contribution in [0.25, 0.3) is 0 Å². The predicted molar refractivity (Wildman–Crippen MR) is 46.8 cm³/mol. The highest BCUT2D eigenvalue weighted by atomic mass is 16.5. The minimum absolute atomic E-state index is 0.0611. The lowest BCUT2D eigenvalue weighted by atomic mass is 9.76. The molecule has 0 heterocycles. The average molecular weight is 171 g/mol. The Hall–Kier alpha value is -0.570. The van der Waals surface area contributed by atoms with E-state index in [9.17, 15) is 4.79 Å². The normalized spacial score (nSPS) is 19.8. The first-order chi connectivity index (χ1) is 5.79. The molecule has 1 unspecified atom stereocenters. The zero-order chi connectivity index (χ0) is 8.97. The van der Waals surface area contributed by atoms with E-state index >= 15 is 0 Å². The molecule has 12 heavy (non-hydrogen) atoms. The topological polar surface area (TPSA) is 38.3 Å². The van der Waals surface area contributed by atoms with E-state index in [-0.39, 0.29) is 11.9 Å². The highest BCUT2D eigenvalue weighted by Crippen LogP contribution is 2.33. The summed E-state index contributed by atoms with van der Waals surface area (Å²) in [5.74, 6) is 0.577. The Morgan fingerprint density at radius 3 is 2.67 bits per heavy atom. The van der Waals surface area contributed by atoms with E-state index in [2.05, 4.69) is 5.32 Å². The van der Waals surface area contributed by atoms with Gasteiger partial charge in [0.05, 0.1) is 13.0 Å². The minimum Gasteiger partial charge on any atom is -0.469 e. The molecule has 1 aliphatic rings. The Morgan fingerprint density at radius 2 is 2.33 bits per heavy atom. The smallest absolute Gasteiger partial charge is 0.310 e. The van der Waals surface area contributed by atoms with E-state index in [0.717, 1.165) is 6.54 Å². The van der Waals surface area contributed by atoms with Crippen LogP contribution in [-0.4, -0.2) is 26.7 Å². The van der Waals surface area contributed by atoms with Crippen LogP contribution in [0.3, 0.4) is 0 Å². The van der Waals surface area contributed by atoms with Crippen molar-refractivity contribution in [3.05, 3.63) is 0 Å². The maximum atomic E-state index is 11.3. The van der Waals surface area contributed by atoms with Crippen LogP contribution in [0.2, 0.25) is 0 Å². The molecule has 1 aliphatic carbocycles. The van der Waals surface area contributed by atoms with Gasteiger partial charge < -0.3 is 10.1 Å². The fraction of sp³-hybridized carbons (Fsp3) is 0.889. The molecule has 0 spiro atoms. The van der Waals surface area contributed by atoms with Crippen molar-refractivity contribution in [1.82, 2.24) is 5.32 Å². The van der Waals surface area contributed by atoms with Crippen LogP contribution in [-0.2, 0) is 9.53 Å². The molecule has 0 aliphatic heterocycles. The van der Waals surface area contributed by atoms with E-state index < -0.39 is 0 Å². The van der Waals surface area contributed by atoms with Crippen molar-refractivity contribution >= 4 is 5.97 Å². The molecule has 1 rings (SSSR count). The largest absolute Gasteiger partial charge is 0.469 e. The first kappa shape index (κ1) is 9.52. The van der Waals surface area contributed by atoms with Gasteiger partial charge in [0, 0.05) is 6.54 Å². The summed E-state index contributed by atoms with van der Waals surface area (Å²) in [5, 5.41) is 3.03. The molecule has 1 saturated carbocycles. The molecular formula is C9H17NO2. The van der Waals surface area contributed by atoms with Gasteiger partial charge in [0.2, 0.25) is 0 Å². The lowest BCUT2D eigenvalue weighted by molar-refractivity contribution is -0.148. The third-order valence-corrected chi connectivity index (χ3v) is 2.65. The second kappa shape index (κ2) is 4.45. The predicted octanol–water partition coefficient (Wildman–Crippen LogP) is 0.795. The molecule has 1 fully saturated rings. The number of ether oxygens (including phenoxy) is 1. The third kappa shape index (κ3) is 1.97. The van der Waals surface area contributed by atoms with Gasteiger partial charge in [0.15, 0.2) is 0 Å². The summed E-state index contributed by atoms with van der Waals surface area (Å²) in [5.41, 5.74) is 0. The summed E-state index contributed by atoms with van der Waals surface area (Å²) in [6.07, 6.45) is 3.63. The number of hydrogen-bond acceptors (Lipinski definition) is 3. The number of nitrogens with one attached hydrogen (secondary N) is 1. The number of hydrogen-bond donors (Lipinski definition) is 1. The zero-order valence-corrected chi connectivity index (χ0v) is 7.80. The van der Waals surface area contributed by atoms with Gasteiger partial charge >= 0.3 is 5.97 Å². The molecule has 0 saturated heterocycles. The first-order valence-corrected chi connectivity index (χ1v) is 4.52. The van der Waals surface area contributed by atoms with Crippen molar-refractivity contribution in [2.45, 2.75) is 19.3 Å². The maximum absolute atomic E-state index is 11.3. The zero-order valence-electron chi connectivity index (χ0n) is 7.80. The Kier molecular flexibility index (Phi) is 3.53. The molecule has 0 aromatic rings. The number of methoxy groups -OCH3 is 1. The Bertz CT molecular complexity index is 155.